The maximum absolute atomic E-state index is 13.2. The Kier molecular flexibility index (Phi) is 15.7. The van der Waals surface area contributed by atoms with Crippen LogP contribution < -0.4 is 32.7 Å². The van der Waals surface area contributed by atoms with Crippen LogP contribution in [0.3, 0.4) is 0 Å². The molecule has 17 heteroatoms. The van der Waals surface area contributed by atoms with Gasteiger partial charge in [-0.2, -0.15) is 11.8 Å². The molecule has 0 saturated heterocycles. The molecule has 10 N–H and O–H groups in total. The summed E-state index contributed by atoms with van der Waals surface area (Å²) in [6, 6.07) is 11.8. The normalized spacial score (nSPS) is 13.2. The fraction of sp³-hybridized carbons (Fsp3) is 0.393. The molecule has 0 saturated carbocycles. The van der Waals surface area contributed by atoms with Gasteiger partial charge in [0.2, 0.25) is 29.5 Å². The van der Waals surface area contributed by atoms with Gasteiger partial charge in [-0.05, 0) is 47.4 Å². The molecule has 5 amide bonds. The Hall–Kier alpha value is -4.83. The Labute approximate surface area is 263 Å². The van der Waals surface area contributed by atoms with Crippen molar-refractivity contribution < 1.29 is 34.2 Å². The first-order chi connectivity index (χ1) is 21.5. The summed E-state index contributed by atoms with van der Waals surface area (Å²) in [4.78, 5) is 64.9. The van der Waals surface area contributed by atoms with Gasteiger partial charge in [-0.3, -0.25) is 24.0 Å². The second kappa shape index (κ2) is 19.4. The number of aliphatic hydroxyl groups is 1. The number of carbonyl (C=O) groups is 5. The zero-order chi connectivity index (χ0) is 33.2. The molecule has 0 aliphatic heterocycles. The van der Waals surface area contributed by atoms with E-state index in [0.717, 1.165) is 0 Å². The number of nitrogens with zero attached hydrogens (tertiary/aromatic N) is 3. The van der Waals surface area contributed by atoms with Gasteiger partial charge in [-0.1, -0.05) is 47.6 Å². The number of hydrogen-bond acceptors (Lipinski definition) is 10. The molecule has 0 heterocycles. The predicted molar refractivity (Wildman–Crippen MR) is 166 cm³/mol. The lowest BCUT2D eigenvalue weighted by molar-refractivity contribution is -0.131. The number of nitrogens with one attached hydrogen (secondary N) is 4. The van der Waals surface area contributed by atoms with Crippen molar-refractivity contribution in [2.45, 2.75) is 43.6 Å². The number of aliphatic hydroxyl groups excluding tert-OH is 1. The summed E-state index contributed by atoms with van der Waals surface area (Å²) >= 11 is 1.19. The standard InChI is InChI=1S/C28H37N9O7S/c29-20(12-18-6-8-19(38)9-7-18)27(43)33-14-23(39)32-15-24(40)34-22(13-17-4-2-1-3-5-17)28(44)35-21(26(30)42)10-11-45-16-25(41)36-37-31/h1-9,20-22,25,38,41H,10-16,29H2,(H2,30,42)(H,32,39)(H,33,43)(H,34,40)(H,35,44)/t20-,21-,22-,25?/m0/s1. The fourth-order valence-electron chi connectivity index (χ4n) is 3.86. The highest BCUT2D eigenvalue weighted by molar-refractivity contribution is 7.99. The smallest absolute Gasteiger partial charge is 0.243 e. The highest BCUT2D eigenvalue weighted by atomic mass is 32.2. The second-order valence-electron chi connectivity index (χ2n) is 9.79. The molecule has 0 spiro atoms. The van der Waals surface area contributed by atoms with E-state index in [9.17, 15) is 34.2 Å². The van der Waals surface area contributed by atoms with Crippen molar-refractivity contribution in [2.75, 3.05) is 24.6 Å². The van der Waals surface area contributed by atoms with Crippen LogP contribution in [0.5, 0.6) is 5.75 Å². The number of hydrogen-bond donors (Lipinski definition) is 8. The van der Waals surface area contributed by atoms with E-state index in [-0.39, 0.29) is 30.8 Å². The molecule has 2 aromatic rings. The van der Waals surface area contributed by atoms with Crippen LogP contribution in [0.2, 0.25) is 0 Å². The van der Waals surface area contributed by atoms with Crippen LogP contribution in [0, 0.1) is 0 Å². The van der Waals surface area contributed by atoms with Gasteiger partial charge >= 0.3 is 0 Å². The molecule has 4 atom stereocenters. The van der Waals surface area contributed by atoms with E-state index in [1.807, 2.05) is 0 Å². The topological polar surface area (TPSA) is 275 Å². The van der Waals surface area contributed by atoms with Crippen LogP contribution in [-0.4, -0.2) is 88.7 Å². The summed E-state index contributed by atoms with van der Waals surface area (Å²) in [5, 5.41) is 31.8. The van der Waals surface area contributed by atoms with Gasteiger partial charge in [0, 0.05) is 17.1 Å². The third kappa shape index (κ3) is 14.5. The van der Waals surface area contributed by atoms with Crippen molar-refractivity contribution in [3.05, 3.63) is 76.2 Å². The van der Waals surface area contributed by atoms with E-state index in [2.05, 4.69) is 31.3 Å². The molecule has 1 unspecified atom stereocenters. The van der Waals surface area contributed by atoms with Gasteiger partial charge < -0.3 is 42.9 Å². The third-order valence-electron chi connectivity index (χ3n) is 6.20. The van der Waals surface area contributed by atoms with Crippen molar-refractivity contribution >= 4 is 41.3 Å². The molecule has 0 radical (unpaired) electrons. The average Bonchev–Trinajstić information content (AvgIpc) is 3.01. The first kappa shape index (κ1) is 36.4. The van der Waals surface area contributed by atoms with Gasteiger partial charge in [-0.25, -0.2) is 0 Å². The lowest BCUT2D eigenvalue weighted by atomic mass is 10.0. The van der Waals surface area contributed by atoms with Crippen LogP contribution in [0.1, 0.15) is 17.5 Å². The molecule has 0 fully saturated rings. The summed E-state index contributed by atoms with van der Waals surface area (Å²) in [7, 11) is 0. The Bertz CT molecular complexity index is 1340. The van der Waals surface area contributed by atoms with Crippen molar-refractivity contribution in [1.82, 2.24) is 21.3 Å². The van der Waals surface area contributed by atoms with E-state index in [1.165, 1.54) is 23.9 Å². The molecule has 242 valence electrons. The summed E-state index contributed by atoms with van der Waals surface area (Å²) < 4.78 is 0. The molecule has 16 nitrogen and oxygen atoms in total. The molecule has 0 aromatic heterocycles. The number of amides is 5. The fourth-order valence-corrected chi connectivity index (χ4v) is 4.71. The molecule has 45 heavy (non-hydrogen) atoms. The van der Waals surface area contributed by atoms with E-state index in [0.29, 0.717) is 16.9 Å². The van der Waals surface area contributed by atoms with Crippen LogP contribution >= 0.6 is 11.8 Å². The minimum Gasteiger partial charge on any atom is -0.508 e. The first-order valence-electron chi connectivity index (χ1n) is 13.8. The highest BCUT2D eigenvalue weighted by Gasteiger charge is 2.26. The molecular weight excluding hydrogens is 606 g/mol. The molecule has 2 rings (SSSR count). The maximum Gasteiger partial charge on any atom is 0.243 e. The van der Waals surface area contributed by atoms with Gasteiger partial charge in [0.25, 0.3) is 0 Å². The van der Waals surface area contributed by atoms with E-state index in [4.69, 9.17) is 17.0 Å². The number of thioether (sulfide) groups is 1. The van der Waals surface area contributed by atoms with Gasteiger partial charge in [-0.15, -0.1) is 0 Å². The van der Waals surface area contributed by atoms with Crippen LogP contribution in [0.25, 0.3) is 10.4 Å². The lowest BCUT2D eigenvalue weighted by Gasteiger charge is -2.22. The second-order valence-corrected chi connectivity index (χ2v) is 10.9. The first-order valence-corrected chi connectivity index (χ1v) is 14.9. The molecule has 0 bridgehead atoms. The SMILES string of the molecule is [N-]=[N+]=NC(O)CSCC[C@H](NC(=O)[C@H](Cc1ccccc1)NC(=O)CNC(=O)CNC(=O)[C@@H](N)Cc1ccc(O)cc1)C(N)=O. The lowest BCUT2D eigenvalue weighted by Crippen LogP contribution is -2.55. The number of phenols is 1. The van der Waals surface area contributed by atoms with E-state index >= 15 is 0 Å². The monoisotopic (exact) mass is 643 g/mol. The zero-order valence-corrected chi connectivity index (χ0v) is 25.1. The Morgan fingerprint density at radius 3 is 2.16 bits per heavy atom. The minimum absolute atomic E-state index is 0.0694. The van der Waals surface area contributed by atoms with E-state index in [1.54, 1.807) is 42.5 Å². The number of azide groups is 1. The van der Waals surface area contributed by atoms with Gasteiger partial charge in [0.1, 0.15) is 24.1 Å². The predicted octanol–water partition coefficient (Wildman–Crippen LogP) is -1.06. The summed E-state index contributed by atoms with van der Waals surface area (Å²) in [5.41, 5.74) is 21.1. The van der Waals surface area contributed by atoms with Crippen molar-refractivity contribution in [1.29, 1.82) is 0 Å². The zero-order valence-electron chi connectivity index (χ0n) is 24.3. The molecule has 2 aromatic carbocycles. The molecule has 0 aliphatic carbocycles. The largest absolute Gasteiger partial charge is 0.508 e. The summed E-state index contributed by atoms with van der Waals surface area (Å²) in [5.74, 6) is -2.99. The van der Waals surface area contributed by atoms with Crippen LogP contribution in [0.15, 0.2) is 59.7 Å². The van der Waals surface area contributed by atoms with Crippen molar-refractivity contribution in [2.24, 2.45) is 16.6 Å². The molecule has 0 aliphatic rings. The molecular formula is C28H37N9O7S. The number of rotatable bonds is 19. The highest BCUT2D eigenvalue weighted by Crippen LogP contribution is 2.11. The quantitative estimate of drug-likeness (QED) is 0.0400. The Morgan fingerprint density at radius 2 is 1.51 bits per heavy atom. The number of benzene rings is 2. The van der Waals surface area contributed by atoms with Crippen LogP contribution in [0.4, 0.5) is 0 Å². The number of nitrogens with two attached hydrogens (primary N) is 2. The van der Waals surface area contributed by atoms with Crippen LogP contribution in [-0.2, 0) is 36.8 Å². The van der Waals surface area contributed by atoms with Gasteiger partial charge in [0.15, 0.2) is 0 Å². The van der Waals surface area contributed by atoms with Gasteiger partial charge in [0.05, 0.1) is 19.1 Å². The average molecular weight is 644 g/mol. The number of phenolic OH excluding ortho intramolecular Hbond substituents is 1. The maximum atomic E-state index is 13.2. The summed E-state index contributed by atoms with van der Waals surface area (Å²) in [6.07, 6.45) is -0.879. The number of aromatic hydroxyl groups is 1. The van der Waals surface area contributed by atoms with E-state index < -0.39 is 67.0 Å². The third-order valence-corrected chi connectivity index (χ3v) is 7.25. The van der Waals surface area contributed by atoms with Crippen molar-refractivity contribution in [3.8, 4) is 5.75 Å². The Balaban J connectivity index is 1.89. The Morgan fingerprint density at radius 1 is 0.867 bits per heavy atom. The van der Waals surface area contributed by atoms with Crippen molar-refractivity contribution in [3.63, 3.8) is 0 Å². The minimum atomic E-state index is -1.24. The number of carbonyl (C=O) groups excluding carboxylic acids is 5. The number of primary amides is 1. The summed E-state index contributed by atoms with van der Waals surface area (Å²) in [6.45, 7) is -0.947.